The van der Waals surface area contributed by atoms with Gasteiger partial charge in [-0.25, -0.2) is 13.2 Å². The van der Waals surface area contributed by atoms with Gasteiger partial charge >= 0.3 is 6.03 Å². The van der Waals surface area contributed by atoms with Crippen molar-refractivity contribution in [3.05, 3.63) is 60.2 Å². The van der Waals surface area contributed by atoms with Gasteiger partial charge in [0.1, 0.15) is 15.9 Å². The number of nitrogens with one attached hydrogen (secondary N) is 1. The summed E-state index contributed by atoms with van der Waals surface area (Å²) >= 11 is 0. The van der Waals surface area contributed by atoms with Gasteiger partial charge in [-0.3, -0.25) is 9.69 Å². The molecule has 1 saturated heterocycles. The molecule has 0 unspecified atom stereocenters. The van der Waals surface area contributed by atoms with Crippen molar-refractivity contribution in [2.24, 2.45) is 0 Å². The van der Waals surface area contributed by atoms with Gasteiger partial charge in [-0.15, -0.1) is 0 Å². The SMILES string of the molecule is CS(=O)(=O)CC[C@@H]1NC(=O)N(Cc2ccc(-c3ccccc3)cc2)C1=O. The zero-order valence-electron chi connectivity index (χ0n) is 14.4. The average Bonchev–Trinajstić information content (AvgIpc) is 2.88. The van der Waals surface area contributed by atoms with E-state index >= 15 is 0 Å². The van der Waals surface area contributed by atoms with Crippen LogP contribution < -0.4 is 5.32 Å². The number of nitrogens with zero attached hydrogens (tertiary/aromatic N) is 1. The molecule has 1 fully saturated rings. The predicted octanol–water partition coefficient (Wildman–Crippen LogP) is 2.21. The topological polar surface area (TPSA) is 83.6 Å². The molecule has 1 aliphatic heterocycles. The summed E-state index contributed by atoms with van der Waals surface area (Å²) in [5.74, 6) is -0.519. The molecule has 1 N–H and O–H groups in total. The molecule has 0 bridgehead atoms. The highest BCUT2D eigenvalue weighted by molar-refractivity contribution is 7.90. The second kappa shape index (κ2) is 7.29. The summed E-state index contributed by atoms with van der Waals surface area (Å²) in [4.78, 5) is 25.6. The second-order valence-electron chi connectivity index (χ2n) is 6.41. The summed E-state index contributed by atoms with van der Waals surface area (Å²) in [7, 11) is -3.18. The molecule has 6 nitrogen and oxygen atoms in total. The molecule has 3 amide bonds. The number of urea groups is 1. The van der Waals surface area contributed by atoms with Crippen LogP contribution in [0.3, 0.4) is 0 Å². The molecular formula is C19H20N2O4S. The van der Waals surface area contributed by atoms with Crippen molar-refractivity contribution in [2.45, 2.75) is 19.0 Å². The minimum Gasteiger partial charge on any atom is -0.326 e. The largest absolute Gasteiger partial charge is 0.326 e. The third kappa shape index (κ3) is 4.29. The molecule has 2 aromatic carbocycles. The highest BCUT2D eigenvalue weighted by Gasteiger charge is 2.37. The van der Waals surface area contributed by atoms with Gasteiger partial charge in [0.05, 0.1) is 12.3 Å². The first kappa shape index (κ1) is 18.1. The summed E-state index contributed by atoms with van der Waals surface area (Å²) < 4.78 is 22.5. The van der Waals surface area contributed by atoms with Gasteiger partial charge in [0.15, 0.2) is 0 Å². The molecular weight excluding hydrogens is 352 g/mol. The molecule has 0 saturated carbocycles. The van der Waals surface area contributed by atoms with Crippen molar-refractivity contribution in [2.75, 3.05) is 12.0 Å². The maximum absolute atomic E-state index is 12.4. The van der Waals surface area contributed by atoms with E-state index in [0.29, 0.717) is 0 Å². The Kier molecular flexibility index (Phi) is 5.08. The van der Waals surface area contributed by atoms with Crippen molar-refractivity contribution in [3.8, 4) is 11.1 Å². The van der Waals surface area contributed by atoms with Crippen LogP contribution in [0.1, 0.15) is 12.0 Å². The van der Waals surface area contributed by atoms with Crippen molar-refractivity contribution in [1.82, 2.24) is 10.2 Å². The summed E-state index contributed by atoms with van der Waals surface area (Å²) in [5.41, 5.74) is 2.98. The van der Waals surface area contributed by atoms with E-state index in [9.17, 15) is 18.0 Å². The van der Waals surface area contributed by atoms with E-state index in [2.05, 4.69) is 5.32 Å². The molecule has 136 valence electrons. The lowest BCUT2D eigenvalue weighted by Crippen LogP contribution is -2.32. The normalized spacial score (nSPS) is 17.4. The van der Waals surface area contributed by atoms with Gasteiger partial charge in [-0.1, -0.05) is 54.6 Å². The summed E-state index contributed by atoms with van der Waals surface area (Å²) in [6.45, 7) is 0.162. The van der Waals surface area contributed by atoms with Gasteiger partial charge in [0.2, 0.25) is 0 Å². The van der Waals surface area contributed by atoms with E-state index in [1.165, 1.54) is 0 Å². The van der Waals surface area contributed by atoms with E-state index in [1.54, 1.807) is 0 Å². The Morgan fingerprint density at radius 2 is 1.58 bits per heavy atom. The van der Waals surface area contributed by atoms with Crippen LogP contribution in [-0.2, 0) is 21.2 Å². The first-order valence-electron chi connectivity index (χ1n) is 8.27. The molecule has 3 rings (SSSR count). The fourth-order valence-corrected chi connectivity index (χ4v) is 3.53. The zero-order valence-corrected chi connectivity index (χ0v) is 15.2. The van der Waals surface area contributed by atoms with Crippen molar-refractivity contribution in [3.63, 3.8) is 0 Å². The number of carbonyl (C=O) groups excluding carboxylic acids is 2. The van der Waals surface area contributed by atoms with Crippen LogP contribution in [0.25, 0.3) is 11.1 Å². The van der Waals surface area contributed by atoms with Crippen molar-refractivity contribution in [1.29, 1.82) is 0 Å². The smallest absolute Gasteiger partial charge is 0.325 e. The number of carbonyl (C=O) groups is 2. The number of rotatable bonds is 6. The Bertz CT molecular complexity index is 908. The third-order valence-corrected chi connectivity index (χ3v) is 5.26. The Hall–Kier alpha value is -2.67. The average molecular weight is 372 g/mol. The van der Waals surface area contributed by atoms with Crippen LogP contribution in [0.4, 0.5) is 4.79 Å². The van der Waals surface area contributed by atoms with Gasteiger partial charge < -0.3 is 5.32 Å². The van der Waals surface area contributed by atoms with Gasteiger partial charge in [0, 0.05) is 6.26 Å². The summed E-state index contributed by atoms with van der Waals surface area (Å²) in [6.07, 6.45) is 1.20. The Morgan fingerprint density at radius 1 is 0.962 bits per heavy atom. The fourth-order valence-electron chi connectivity index (χ4n) is 2.87. The number of imide groups is 1. The summed E-state index contributed by atoms with van der Waals surface area (Å²) in [5, 5.41) is 2.56. The first-order chi connectivity index (χ1) is 12.3. The maximum Gasteiger partial charge on any atom is 0.325 e. The molecule has 0 aliphatic carbocycles. The number of sulfone groups is 1. The number of hydrogen-bond donors (Lipinski definition) is 1. The standard InChI is InChI=1S/C19H20N2O4S/c1-26(24,25)12-11-17-18(22)21(19(23)20-17)13-14-7-9-16(10-8-14)15-5-3-2-4-6-15/h2-10,17H,11-13H2,1H3,(H,20,23)/t17-/m0/s1. The second-order valence-corrected chi connectivity index (χ2v) is 8.67. The monoisotopic (exact) mass is 372 g/mol. The van der Waals surface area contributed by atoms with Crippen LogP contribution in [0.15, 0.2) is 54.6 Å². The molecule has 1 aliphatic rings. The Balaban J connectivity index is 1.67. The Labute approximate surface area is 152 Å². The minimum atomic E-state index is -3.18. The highest BCUT2D eigenvalue weighted by Crippen LogP contribution is 2.21. The quantitative estimate of drug-likeness (QED) is 0.788. The molecule has 1 heterocycles. The van der Waals surface area contributed by atoms with E-state index in [4.69, 9.17) is 0 Å². The maximum atomic E-state index is 12.4. The minimum absolute atomic E-state index is 0.0901. The predicted molar refractivity (Wildman–Crippen MR) is 99.1 cm³/mol. The van der Waals surface area contributed by atoms with Crippen LogP contribution in [0.5, 0.6) is 0 Å². The fraction of sp³-hybridized carbons (Fsp3) is 0.263. The lowest BCUT2D eigenvalue weighted by molar-refractivity contribution is -0.127. The van der Waals surface area contributed by atoms with Gasteiger partial charge in [-0.2, -0.15) is 0 Å². The van der Waals surface area contributed by atoms with Crippen molar-refractivity contribution >= 4 is 21.8 Å². The van der Waals surface area contributed by atoms with Crippen LogP contribution >= 0.6 is 0 Å². The van der Waals surface area contributed by atoms with Gasteiger partial charge in [-0.05, 0) is 23.1 Å². The van der Waals surface area contributed by atoms with E-state index < -0.39 is 21.9 Å². The number of hydrogen-bond acceptors (Lipinski definition) is 4. The zero-order chi connectivity index (χ0) is 18.7. The lowest BCUT2D eigenvalue weighted by Gasteiger charge is -2.13. The number of amides is 3. The molecule has 26 heavy (non-hydrogen) atoms. The number of benzene rings is 2. The molecule has 2 aromatic rings. The van der Waals surface area contributed by atoms with Crippen LogP contribution in [0.2, 0.25) is 0 Å². The van der Waals surface area contributed by atoms with E-state index in [1.807, 2.05) is 54.6 Å². The highest BCUT2D eigenvalue weighted by atomic mass is 32.2. The van der Waals surface area contributed by atoms with Crippen LogP contribution in [-0.4, -0.2) is 43.3 Å². The molecule has 0 aromatic heterocycles. The van der Waals surface area contributed by atoms with Gasteiger partial charge in [0.25, 0.3) is 5.91 Å². The molecule has 0 spiro atoms. The third-order valence-electron chi connectivity index (χ3n) is 4.29. The first-order valence-corrected chi connectivity index (χ1v) is 10.3. The molecule has 7 heteroatoms. The van der Waals surface area contributed by atoms with Crippen LogP contribution in [0, 0.1) is 0 Å². The lowest BCUT2D eigenvalue weighted by atomic mass is 10.0. The Morgan fingerprint density at radius 3 is 2.19 bits per heavy atom. The molecule has 0 radical (unpaired) electrons. The van der Waals surface area contributed by atoms with E-state index in [-0.39, 0.29) is 24.6 Å². The van der Waals surface area contributed by atoms with E-state index in [0.717, 1.165) is 27.8 Å². The molecule has 1 atom stereocenters. The summed E-state index contributed by atoms with van der Waals surface area (Å²) in [6, 6.07) is 16.3. The van der Waals surface area contributed by atoms with Crippen molar-refractivity contribution < 1.29 is 18.0 Å².